The molecule has 1 aromatic heterocycles. The van der Waals surface area contributed by atoms with Crippen LogP contribution in [0.1, 0.15) is 12.7 Å². The van der Waals surface area contributed by atoms with Gasteiger partial charge in [-0.25, -0.2) is 0 Å². The lowest BCUT2D eigenvalue weighted by molar-refractivity contribution is 0.174. The van der Waals surface area contributed by atoms with Crippen LogP contribution in [-0.4, -0.2) is 23.5 Å². The molecule has 0 atom stereocenters. The first-order valence-corrected chi connectivity index (χ1v) is 5.80. The van der Waals surface area contributed by atoms with E-state index < -0.39 is 0 Å². The topological polar surface area (TPSA) is 69.4 Å². The minimum absolute atomic E-state index is 0.258. The highest BCUT2D eigenvalue weighted by Gasteiger charge is 2.16. The van der Waals surface area contributed by atoms with Crippen molar-refractivity contribution in [3.63, 3.8) is 0 Å². The van der Waals surface area contributed by atoms with Gasteiger partial charge in [-0.1, -0.05) is 12.1 Å². The molecule has 0 amide bonds. The van der Waals surface area contributed by atoms with Gasteiger partial charge in [0.1, 0.15) is 0 Å². The zero-order valence-corrected chi connectivity index (χ0v) is 9.97. The number of ether oxygens (including phenoxy) is 2. The highest BCUT2D eigenvalue weighted by Crippen LogP contribution is 2.35. The van der Waals surface area contributed by atoms with Crippen LogP contribution in [-0.2, 0) is 6.54 Å². The second-order valence-electron chi connectivity index (χ2n) is 3.86. The summed E-state index contributed by atoms with van der Waals surface area (Å²) in [7, 11) is 0. The van der Waals surface area contributed by atoms with Crippen LogP contribution in [0.25, 0.3) is 11.5 Å². The van der Waals surface area contributed by atoms with Gasteiger partial charge in [-0.2, -0.15) is 4.98 Å². The van der Waals surface area contributed by atoms with Crippen molar-refractivity contribution in [2.75, 3.05) is 13.3 Å². The van der Waals surface area contributed by atoms with Gasteiger partial charge < -0.3 is 19.3 Å². The van der Waals surface area contributed by atoms with Crippen molar-refractivity contribution in [1.29, 1.82) is 0 Å². The number of nitrogens with zero attached hydrogens (tertiary/aromatic N) is 2. The Morgan fingerprint density at radius 2 is 2.17 bits per heavy atom. The Labute approximate surface area is 104 Å². The zero-order valence-electron chi connectivity index (χ0n) is 9.97. The summed E-state index contributed by atoms with van der Waals surface area (Å²) < 4.78 is 15.8. The van der Waals surface area contributed by atoms with E-state index in [1.54, 1.807) is 0 Å². The van der Waals surface area contributed by atoms with E-state index in [1.807, 2.05) is 25.1 Å². The largest absolute Gasteiger partial charge is 0.454 e. The van der Waals surface area contributed by atoms with E-state index >= 15 is 0 Å². The summed E-state index contributed by atoms with van der Waals surface area (Å²) in [6.07, 6.45) is 0. The third-order valence-electron chi connectivity index (χ3n) is 2.62. The number of rotatable bonds is 4. The third kappa shape index (κ3) is 2.02. The van der Waals surface area contributed by atoms with Crippen molar-refractivity contribution in [1.82, 2.24) is 15.5 Å². The van der Waals surface area contributed by atoms with Gasteiger partial charge in [0.15, 0.2) is 17.3 Å². The molecule has 2 heterocycles. The molecule has 0 radical (unpaired) electrons. The average molecular weight is 247 g/mol. The number of nitrogens with one attached hydrogen (secondary N) is 1. The minimum atomic E-state index is 0.258. The molecular formula is C12H13N3O3. The molecule has 1 aliphatic rings. The first kappa shape index (κ1) is 11.0. The van der Waals surface area contributed by atoms with Gasteiger partial charge in [-0.05, 0) is 24.7 Å². The van der Waals surface area contributed by atoms with Crippen LogP contribution in [0.4, 0.5) is 0 Å². The Bertz CT molecular complexity index is 553. The SMILES string of the molecule is CCNCc1noc(-c2ccc3c(c2)OCO3)n1. The summed E-state index contributed by atoms with van der Waals surface area (Å²) in [6, 6.07) is 5.55. The summed E-state index contributed by atoms with van der Waals surface area (Å²) in [4.78, 5) is 4.31. The van der Waals surface area contributed by atoms with E-state index in [2.05, 4.69) is 15.5 Å². The van der Waals surface area contributed by atoms with Gasteiger partial charge in [0.2, 0.25) is 6.79 Å². The lowest BCUT2D eigenvalue weighted by Crippen LogP contribution is -2.12. The first-order valence-electron chi connectivity index (χ1n) is 5.80. The number of hydrogen-bond donors (Lipinski definition) is 1. The molecule has 3 rings (SSSR count). The fourth-order valence-electron chi connectivity index (χ4n) is 1.71. The molecule has 18 heavy (non-hydrogen) atoms. The highest BCUT2D eigenvalue weighted by molar-refractivity contribution is 5.60. The third-order valence-corrected chi connectivity index (χ3v) is 2.62. The summed E-state index contributed by atoms with van der Waals surface area (Å²) in [6.45, 7) is 3.76. The van der Waals surface area contributed by atoms with Crippen molar-refractivity contribution in [3.8, 4) is 23.0 Å². The van der Waals surface area contributed by atoms with Crippen LogP contribution in [0.2, 0.25) is 0 Å². The molecule has 0 aliphatic carbocycles. The van der Waals surface area contributed by atoms with Gasteiger partial charge in [0.05, 0.1) is 6.54 Å². The van der Waals surface area contributed by atoms with Crippen LogP contribution in [0.3, 0.4) is 0 Å². The summed E-state index contributed by atoms with van der Waals surface area (Å²) >= 11 is 0. The Hall–Kier alpha value is -2.08. The van der Waals surface area contributed by atoms with E-state index in [4.69, 9.17) is 14.0 Å². The maximum Gasteiger partial charge on any atom is 0.258 e. The Morgan fingerprint density at radius 3 is 3.06 bits per heavy atom. The predicted octanol–water partition coefficient (Wildman–Crippen LogP) is 1.57. The van der Waals surface area contributed by atoms with E-state index in [0.717, 1.165) is 17.9 Å². The van der Waals surface area contributed by atoms with Gasteiger partial charge in [0.25, 0.3) is 5.89 Å². The maximum absolute atomic E-state index is 5.31. The molecule has 0 spiro atoms. The van der Waals surface area contributed by atoms with Crippen LogP contribution >= 0.6 is 0 Å². The molecule has 0 unspecified atom stereocenters. The molecule has 0 bridgehead atoms. The Morgan fingerprint density at radius 1 is 1.28 bits per heavy atom. The van der Waals surface area contributed by atoms with Gasteiger partial charge in [-0.15, -0.1) is 0 Å². The van der Waals surface area contributed by atoms with Gasteiger partial charge in [-0.3, -0.25) is 0 Å². The van der Waals surface area contributed by atoms with Crippen LogP contribution in [0.5, 0.6) is 11.5 Å². The number of fused-ring (bicyclic) bond motifs is 1. The molecule has 0 fully saturated rings. The molecule has 0 saturated heterocycles. The van der Waals surface area contributed by atoms with E-state index in [0.29, 0.717) is 24.0 Å². The van der Waals surface area contributed by atoms with Crippen molar-refractivity contribution >= 4 is 0 Å². The van der Waals surface area contributed by atoms with Gasteiger partial charge in [0, 0.05) is 5.56 Å². The van der Waals surface area contributed by atoms with Crippen LogP contribution in [0.15, 0.2) is 22.7 Å². The van der Waals surface area contributed by atoms with E-state index in [1.165, 1.54) is 0 Å². The lowest BCUT2D eigenvalue weighted by Gasteiger charge is -1.97. The fraction of sp³-hybridized carbons (Fsp3) is 0.333. The maximum atomic E-state index is 5.31. The molecular weight excluding hydrogens is 234 g/mol. The summed E-state index contributed by atoms with van der Waals surface area (Å²) in [5.74, 6) is 2.58. The molecule has 94 valence electrons. The lowest BCUT2D eigenvalue weighted by atomic mass is 10.2. The van der Waals surface area contributed by atoms with E-state index in [9.17, 15) is 0 Å². The van der Waals surface area contributed by atoms with Crippen molar-refractivity contribution in [3.05, 3.63) is 24.0 Å². The number of aromatic nitrogens is 2. The molecule has 0 saturated carbocycles. The van der Waals surface area contributed by atoms with Crippen LogP contribution in [0, 0.1) is 0 Å². The first-order chi connectivity index (χ1) is 8.86. The second-order valence-corrected chi connectivity index (χ2v) is 3.86. The number of hydrogen-bond acceptors (Lipinski definition) is 6. The van der Waals surface area contributed by atoms with Crippen LogP contribution < -0.4 is 14.8 Å². The standard InChI is InChI=1S/C12H13N3O3/c1-2-13-6-11-14-12(18-15-11)8-3-4-9-10(5-8)17-7-16-9/h3-5,13H,2,6-7H2,1H3. The minimum Gasteiger partial charge on any atom is -0.454 e. The molecule has 6 heteroatoms. The monoisotopic (exact) mass is 247 g/mol. The second kappa shape index (κ2) is 4.66. The van der Waals surface area contributed by atoms with Crippen molar-refractivity contribution < 1.29 is 14.0 Å². The fourth-order valence-corrected chi connectivity index (χ4v) is 1.71. The smallest absolute Gasteiger partial charge is 0.258 e. The summed E-state index contributed by atoms with van der Waals surface area (Å²) in [5.41, 5.74) is 0.828. The number of benzene rings is 1. The molecule has 6 nitrogen and oxygen atoms in total. The zero-order chi connectivity index (χ0) is 12.4. The van der Waals surface area contributed by atoms with E-state index in [-0.39, 0.29) is 6.79 Å². The Balaban J connectivity index is 1.83. The highest BCUT2D eigenvalue weighted by atomic mass is 16.7. The quantitative estimate of drug-likeness (QED) is 0.884. The van der Waals surface area contributed by atoms with Gasteiger partial charge >= 0.3 is 0 Å². The molecule has 1 N–H and O–H groups in total. The predicted molar refractivity (Wildman–Crippen MR) is 63.2 cm³/mol. The average Bonchev–Trinajstić information content (AvgIpc) is 3.04. The molecule has 1 aromatic carbocycles. The Kier molecular flexibility index (Phi) is 2.85. The van der Waals surface area contributed by atoms with Crippen molar-refractivity contribution in [2.45, 2.75) is 13.5 Å². The molecule has 2 aromatic rings. The summed E-state index contributed by atoms with van der Waals surface area (Å²) in [5, 5.41) is 7.04. The van der Waals surface area contributed by atoms with Crippen molar-refractivity contribution in [2.24, 2.45) is 0 Å². The normalized spacial score (nSPS) is 12.9. The molecule has 1 aliphatic heterocycles.